The van der Waals surface area contributed by atoms with Crippen molar-refractivity contribution >= 4 is 47.4 Å². The summed E-state index contributed by atoms with van der Waals surface area (Å²) in [5.41, 5.74) is -1.44. The van der Waals surface area contributed by atoms with Gasteiger partial charge in [-0.15, -0.1) is 35.3 Å². The van der Waals surface area contributed by atoms with Gasteiger partial charge >= 0.3 is 6.09 Å². The summed E-state index contributed by atoms with van der Waals surface area (Å²) in [5.74, 6) is 0.696. The van der Waals surface area contributed by atoms with Gasteiger partial charge in [-0.05, 0) is 46.1 Å². The number of ether oxygens (including phenoxy) is 1. The van der Waals surface area contributed by atoms with Crippen molar-refractivity contribution in [2.75, 3.05) is 52.4 Å². The first-order valence-corrected chi connectivity index (χ1v) is 11.5. The van der Waals surface area contributed by atoms with Gasteiger partial charge in [0, 0.05) is 50.7 Å². The Morgan fingerprint density at radius 1 is 1.23 bits per heavy atom. The third-order valence-corrected chi connectivity index (χ3v) is 5.81. The Hall–Kier alpha value is -1.11. The average Bonchev–Trinajstić information content (AvgIpc) is 3.21. The van der Waals surface area contributed by atoms with Crippen molar-refractivity contribution in [1.82, 2.24) is 20.4 Å². The zero-order valence-corrected chi connectivity index (χ0v) is 22.5. The van der Waals surface area contributed by atoms with Crippen LogP contribution in [0.3, 0.4) is 0 Å². The molecule has 1 atom stereocenters. The number of guanidine groups is 1. The molecule has 0 bridgehead atoms. The molecule has 178 valence electrons. The first-order valence-electron chi connectivity index (χ1n) is 10.6. The third kappa shape index (κ3) is 9.92. The van der Waals surface area contributed by atoms with Crippen molar-refractivity contribution in [1.29, 1.82) is 0 Å². The van der Waals surface area contributed by atoms with Crippen LogP contribution in [-0.4, -0.2) is 84.9 Å². The predicted molar refractivity (Wildman–Crippen MR) is 138 cm³/mol. The van der Waals surface area contributed by atoms with E-state index in [1.165, 1.54) is 11.3 Å². The molecule has 31 heavy (non-hydrogen) atoms. The summed E-state index contributed by atoms with van der Waals surface area (Å²) in [6.07, 6.45) is -0.236. The highest BCUT2D eigenvalue weighted by Crippen LogP contribution is 2.25. The standard InChI is InChI=1S/C21H37N5O3S.HI/c1-6-22-18(24-16-21(5,28)17-8-7-15-30-17)23-9-10-25-11-13-26(14-12-25)19(27)29-20(2,3)4;/h7-8,15,28H,6,9-14,16H2,1-5H3,(H2,22,23,24);1H. The first-order chi connectivity index (χ1) is 14.1. The quantitative estimate of drug-likeness (QED) is 0.267. The van der Waals surface area contributed by atoms with E-state index in [1.807, 2.05) is 45.2 Å². The first kappa shape index (κ1) is 27.9. The molecule has 0 saturated carbocycles. The summed E-state index contributed by atoms with van der Waals surface area (Å²) in [5, 5.41) is 19.2. The minimum Gasteiger partial charge on any atom is -0.444 e. The molecule has 1 amide bonds. The number of halogens is 1. The molecule has 10 heteroatoms. The van der Waals surface area contributed by atoms with Crippen LogP contribution in [0.2, 0.25) is 0 Å². The van der Waals surface area contributed by atoms with Crippen molar-refractivity contribution < 1.29 is 14.6 Å². The number of nitrogens with one attached hydrogen (secondary N) is 2. The van der Waals surface area contributed by atoms with Gasteiger partial charge in [-0.1, -0.05) is 6.07 Å². The molecule has 0 aliphatic carbocycles. The largest absolute Gasteiger partial charge is 0.444 e. The highest BCUT2D eigenvalue weighted by Gasteiger charge is 2.26. The number of thiophene rings is 1. The van der Waals surface area contributed by atoms with E-state index >= 15 is 0 Å². The minimum atomic E-state index is -0.978. The lowest BCUT2D eigenvalue weighted by molar-refractivity contribution is 0.0147. The molecule has 2 heterocycles. The van der Waals surface area contributed by atoms with Crippen LogP contribution < -0.4 is 10.6 Å². The molecule has 3 N–H and O–H groups in total. The molecular formula is C21H38IN5O3S. The van der Waals surface area contributed by atoms with Crippen molar-refractivity contribution in [3.63, 3.8) is 0 Å². The SMILES string of the molecule is CCNC(=NCC(C)(O)c1cccs1)NCCN1CCN(C(=O)OC(C)(C)C)CC1.I. The van der Waals surface area contributed by atoms with E-state index in [0.717, 1.165) is 37.6 Å². The molecule has 1 saturated heterocycles. The molecule has 1 aliphatic rings. The molecule has 1 aromatic heterocycles. The van der Waals surface area contributed by atoms with E-state index < -0.39 is 11.2 Å². The van der Waals surface area contributed by atoms with Crippen LogP contribution in [0.4, 0.5) is 4.79 Å². The lowest BCUT2D eigenvalue weighted by Gasteiger charge is -2.35. The normalized spacial score (nSPS) is 17.5. The number of amides is 1. The van der Waals surface area contributed by atoms with Gasteiger partial charge in [-0.25, -0.2) is 9.79 Å². The number of hydrogen-bond acceptors (Lipinski definition) is 6. The molecule has 0 spiro atoms. The minimum absolute atomic E-state index is 0. The van der Waals surface area contributed by atoms with Crippen LogP contribution in [0, 0.1) is 0 Å². The summed E-state index contributed by atoms with van der Waals surface area (Å²) < 4.78 is 5.45. The van der Waals surface area contributed by atoms with Crippen LogP contribution in [0.5, 0.6) is 0 Å². The number of aliphatic hydroxyl groups is 1. The fourth-order valence-corrected chi connectivity index (χ4v) is 3.83. The molecular weight excluding hydrogens is 529 g/mol. The van der Waals surface area contributed by atoms with Crippen molar-refractivity contribution in [3.05, 3.63) is 22.4 Å². The van der Waals surface area contributed by atoms with Gasteiger partial charge in [-0.3, -0.25) is 4.90 Å². The van der Waals surface area contributed by atoms with Gasteiger partial charge in [0.05, 0.1) is 6.54 Å². The van der Waals surface area contributed by atoms with Crippen molar-refractivity contribution in [2.45, 2.75) is 45.8 Å². The number of carbonyl (C=O) groups is 1. The predicted octanol–water partition coefficient (Wildman–Crippen LogP) is 2.68. The monoisotopic (exact) mass is 567 g/mol. The van der Waals surface area contributed by atoms with Crippen LogP contribution in [0.25, 0.3) is 0 Å². The van der Waals surface area contributed by atoms with Crippen LogP contribution in [0.1, 0.15) is 39.5 Å². The van der Waals surface area contributed by atoms with Gasteiger partial charge in [0.15, 0.2) is 5.96 Å². The molecule has 1 aliphatic heterocycles. The molecule has 1 aromatic rings. The maximum absolute atomic E-state index is 12.2. The fourth-order valence-electron chi connectivity index (χ4n) is 3.05. The summed E-state index contributed by atoms with van der Waals surface area (Å²) in [6.45, 7) is 15.1. The Kier molecular flexibility index (Phi) is 11.5. The number of rotatable bonds is 7. The van der Waals surface area contributed by atoms with E-state index in [1.54, 1.807) is 11.8 Å². The lowest BCUT2D eigenvalue weighted by Crippen LogP contribution is -2.51. The Morgan fingerprint density at radius 2 is 1.90 bits per heavy atom. The molecule has 1 fully saturated rings. The second kappa shape index (κ2) is 12.8. The Bertz CT molecular complexity index is 684. The number of piperazine rings is 1. The number of aliphatic imine (C=N–C) groups is 1. The number of hydrogen-bond donors (Lipinski definition) is 3. The number of carbonyl (C=O) groups excluding carboxylic acids is 1. The zero-order valence-electron chi connectivity index (χ0n) is 19.3. The van der Waals surface area contributed by atoms with E-state index in [4.69, 9.17) is 4.74 Å². The zero-order chi connectivity index (χ0) is 22.2. The van der Waals surface area contributed by atoms with Gasteiger partial charge in [-0.2, -0.15) is 0 Å². The lowest BCUT2D eigenvalue weighted by atomic mass is 10.1. The Labute approximate surface area is 207 Å². The Morgan fingerprint density at radius 3 is 2.45 bits per heavy atom. The van der Waals surface area contributed by atoms with E-state index in [9.17, 15) is 9.90 Å². The fraction of sp³-hybridized carbons (Fsp3) is 0.714. The van der Waals surface area contributed by atoms with Crippen molar-refractivity contribution in [2.24, 2.45) is 4.99 Å². The van der Waals surface area contributed by atoms with E-state index in [-0.39, 0.29) is 36.6 Å². The van der Waals surface area contributed by atoms with Crippen LogP contribution >= 0.6 is 35.3 Å². The highest BCUT2D eigenvalue weighted by atomic mass is 127. The average molecular weight is 568 g/mol. The Balaban J connectivity index is 0.00000480. The second-order valence-corrected chi connectivity index (χ2v) is 9.63. The number of nitrogens with zero attached hydrogens (tertiary/aromatic N) is 3. The maximum atomic E-state index is 12.2. The molecule has 2 rings (SSSR count). The summed E-state index contributed by atoms with van der Waals surface area (Å²) >= 11 is 1.53. The van der Waals surface area contributed by atoms with Crippen molar-refractivity contribution in [3.8, 4) is 0 Å². The maximum Gasteiger partial charge on any atom is 0.410 e. The van der Waals surface area contributed by atoms with Gasteiger partial charge in [0.25, 0.3) is 0 Å². The third-order valence-electron chi connectivity index (χ3n) is 4.69. The van der Waals surface area contributed by atoms with Gasteiger partial charge in [0.2, 0.25) is 0 Å². The van der Waals surface area contributed by atoms with Gasteiger partial charge in [0.1, 0.15) is 11.2 Å². The topological polar surface area (TPSA) is 89.4 Å². The van der Waals surface area contributed by atoms with Crippen LogP contribution in [0.15, 0.2) is 22.5 Å². The summed E-state index contributed by atoms with van der Waals surface area (Å²) in [7, 11) is 0. The highest BCUT2D eigenvalue weighted by molar-refractivity contribution is 14.0. The second-order valence-electron chi connectivity index (χ2n) is 8.68. The van der Waals surface area contributed by atoms with Gasteiger partial charge < -0.3 is 25.4 Å². The molecule has 8 nitrogen and oxygen atoms in total. The molecule has 0 radical (unpaired) electrons. The summed E-state index contributed by atoms with van der Waals surface area (Å²) in [4.78, 5) is 21.7. The smallest absolute Gasteiger partial charge is 0.410 e. The van der Waals surface area contributed by atoms with Crippen LogP contribution in [-0.2, 0) is 10.3 Å². The summed E-state index contributed by atoms with van der Waals surface area (Å²) in [6, 6.07) is 3.86. The van der Waals surface area contributed by atoms with E-state index in [2.05, 4.69) is 20.5 Å². The molecule has 0 aromatic carbocycles. The van der Waals surface area contributed by atoms with E-state index in [0.29, 0.717) is 19.0 Å². The molecule has 1 unspecified atom stereocenters.